The minimum Gasteiger partial charge on any atom is -0.445 e. The zero-order valence-electron chi connectivity index (χ0n) is 10.7. The molecule has 2 fully saturated rings. The maximum Gasteiger partial charge on any atom is 0.410 e. The Kier molecular flexibility index (Phi) is 4.66. The first-order valence-corrected chi connectivity index (χ1v) is 6.55. The van der Waals surface area contributed by atoms with Crippen molar-refractivity contribution in [3.8, 4) is 0 Å². The van der Waals surface area contributed by atoms with Gasteiger partial charge in [0.2, 0.25) is 0 Å². The predicted octanol–water partition coefficient (Wildman–Crippen LogP) is 2.18. The van der Waals surface area contributed by atoms with Crippen LogP contribution in [0.15, 0.2) is 30.3 Å². The number of ether oxygens (including phenoxy) is 1. The summed E-state index contributed by atoms with van der Waals surface area (Å²) in [7, 11) is 0. The molecule has 0 bridgehead atoms. The van der Waals surface area contributed by atoms with Gasteiger partial charge in [0.25, 0.3) is 0 Å². The fraction of sp³-hybridized carbons (Fsp3) is 0.500. The highest BCUT2D eigenvalue weighted by molar-refractivity contribution is 5.85. The van der Waals surface area contributed by atoms with E-state index in [9.17, 15) is 4.79 Å². The van der Waals surface area contributed by atoms with Crippen molar-refractivity contribution in [3.05, 3.63) is 35.9 Å². The van der Waals surface area contributed by atoms with Crippen molar-refractivity contribution in [1.29, 1.82) is 0 Å². The quantitative estimate of drug-likeness (QED) is 0.904. The Morgan fingerprint density at radius 2 is 2.11 bits per heavy atom. The fourth-order valence-electron chi connectivity index (χ4n) is 2.89. The Morgan fingerprint density at radius 1 is 1.32 bits per heavy atom. The van der Waals surface area contributed by atoms with Crippen LogP contribution in [0.25, 0.3) is 0 Å². The summed E-state index contributed by atoms with van der Waals surface area (Å²) in [5.41, 5.74) is 1.03. The summed E-state index contributed by atoms with van der Waals surface area (Å²) in [5.74, 6) is 0. The van der Waals surface area contributed by atoms with Crippen LogP contribution >= 0.6 is 12.4 Å². The van der Waals surface area contributed by atoms with Crippen molar-refractivity contribution in [1.82, 2.24) is 10.2 Å². The van der Waals surface area contributed by atoms with Crippen molar-refractivity contribution in [2.45, 2.75) is 31.5 Å². The van der Waals surface area contributed by atoms with Crippen LogP contribution in [-0.4, -0.2) is 36.2 Å². The molecule has 2 heterocycles. The van der Waals surface area contributed by atoms with E-state index >= 15 is 0 Å². The van der Waals surface area contributed by atoms with Gasteiger partial charge >= 0.3 is 6.09 Å². The number of fused-ring (bicyclic) bond motifs is 1. The first-order valence-electron chi connectivity index (χ1n) is 6.55. The zero-order valence-corrected chi connectivity index (χ0v) is 11.6. The highest BCUT2D eigenvalue weighted by atomic mass is 35.5. The van der Waals surface area contributed by atoms with Gasteiger partial charge in [-0.15, -0.1) is 12.4 Å². The van der Waals surface area contributed by atoms with Gasteiger partial charge in [0.1, 0.15) is 6.61 Å². The van der Waals surface area contributed by atoms with E-state index in [0.717, 1.165) is 31.5 Å². The van der Waals surface area contributed by atoms with Crippen LogP contribution in [0.3, 0.4) is 0 Å². The van der Waals surface area contributed by atoms with Gasteiger partial charge < -0.3 is 15.0 Å². The zero-order chi connectivity index (χ0) is 12.4. The number of hydrogen-bond donors (Lipinski definition) is 1. The molecule has 3 rings (SSSR count). The van der Waals surface area contributed by atoms with Gasteiger partial charge in [-0.05, 0) is 24.9 Å². The molecule has 2 aliphatic rings. The van der Waals surface area contributed by atoms with Crippen LogP contribution in [-0.2, 0) is 11.3 Å². The molecule has 0 aromatic heterocycles. The number of carbonyl (C=O) groups is 1. The summed E-state index contributed by atoms with van der Waals surface area (Å²) in [5, 5.41) is 3.43. The maximum absolute atomic E-state index is 12.0. The predicted molar refractivity (Wildman–Crippen MR) is 75.4 cm³/mol. The summed E-state index contributed by atoms with van der Waals surface area (Å²) in [6, 6.07) is 10.6. The molecule has 0 saturated carbocycles. The van der Waals surface area contributed by atoms with Gasteiger partial charge in [-0.3, -0.25) is 0 Å². The lowest BCUT2D eigenvalue weighted by Gasteiger charge is -2.22. The molecule has 1 aromatic carbocycles. The average molecular weight is 283 g/mol. The lowest BCUT2D eigenvalue weighted by molar-refractivity contribution is 0.0922. The molecule has 4 nitrogen and oxygen atoms in total. The maximum atomic E-state index is 12.0. The number of benzene rings is 1. The molecule has 2 atom stereocenters. The average Bonchev–Trinajstić information content (AvgIpc) is 2.99. The molecular formula is C14H19ClN2O2. The van der Waals surface area contributed by atoms with Crippen molar-refractivity contribution in [3.63, 3.8) is 0 Å². The largest absolute Gasteiger partial charge is 0.445 e. The van der Waals surface area contributed by atoms with Crippen LogP contribution in [0.1, 0.15) is 18.4 Å². The molecule has 0 aliphatic carbocycles. The van der Waals surface area contributed by atoms with Crippen molar-refractivity contribution >= 4 is 18.5 Å². The molecule has 0 unspecified atom stereocenters. The van der Waals surface area contributed by atoms with E-state index in [1.165, 1.54) is 0 Å². The molecule has 1 amide bonds. The number of amides is 1. The number of halogens is 1. The highest BCUT2D eigenvalue weighted by Gasteiger charge is 2.40. The van der Waals surface area contributed by atoms with Crippen molar-refractivity contribution in [2.75, 3.05) is 13.1 Å². The second kappa shape index (κ2) is 6.26. The molecule has 0 radical (unpaired) electrons. The Bertz CT molecular complexity index is 427. The van der Waals surface area contributed by atoms with E-state index in [4.69, 9.17) is 4.74 Å². The monoisotopic (exact) mass is 282 g/mol. The number of nitrogens with zero attached hydrogens (tertiary/aromatic N) is 1. The summed E-state index contributed by atoms with van der Waals surface area (Å²) in [6.45, 7) is 2.19. The van der Waals surface area contributed by atoms with Gasteiger partial charge in [0.15, 0.2) is 0 Å². The van der Waals surface area contributed by atoms with Crippen LogP contribution in [0.5, 0.6) is 0 Å². The molecule has 19 heavy (non-hydrogen) atoms. The van der Waals surface area contributed by atoms with E-state index in [-0.39, 0.29) is 18.5 Å². The van der Waals surface area contributed by atoms with Gasteiger partial charge in [-0.2, -0.15) is 0 Å². The smallest absolute Gasteiger partial charge is 0.410 e. The van der Waals surface area contributed by atoms with Crippen LogP contribution in [0.4, 0.5) is 4.79 Å². The van der Waals surface area contributed by atoms with E-state index in [2.05, 4.69) is 5.32 Å². The summed E-state index contributed by atoms with van der Waals surface area (Å²) in [4.78, 5) is 13.9. The highest BCUT2D eigenvalue weighted by Crippen LogP contribution is 2.25. The van der Waals surface area contributed by atoms with E-state index in [1.807, 2.05) is 35.2 Å². The van der Waals surface area contributed by atoms with Crippen molar-refractivity contribution < 1.29 is 9.53 Å². The lowest BCUT2D eigenvalue weighted by atomic mass is 10.1. The molecule has 1 N–H and O–H groups in total. The third-order valence-electron chi connectivity index (χ3n) is 3.83. The summed E-state index contributed by atoms with van der Waals surface area (Å²) >= 11 is 0. The topological polar surface area (TPSA) is 41.6 Å². The molecule has 5 heteroatoms. The Labute approximate surface area is 119 Å². The van der Waals surface area contributed by atoms with Gasteiger partial charge in [0, 0.05) is 12.6 Å². The standard InChI is InChI=1S/C14H18N2O2.ClH/c17-14(18-10-11-4-2-1-3-5-11)16-9-7-12-13(16)6-8-15-12;/h1-5,12-13,15H,6-10H2;1H/t12-,13+;/m0./s1. The van der Waals surface area contributed by atoms with E-state index in [1.54, 1.807) is 0 Å². The molecule has 2 saturated heterocycles. The fourth-order valence-corrected chi connectivity index (χ4v) is 2.89. The Morgan fingerprint density at radius 3 is 2.89 bits per heavy atom. The van der Waals surface area contributed by atoms with Crippen LogP contribution < -0.4 is 5.32 Å². The third kappa shape index (κ3) is 3.01. The number of rotatable bonds is 2. The van der Waals surface area contributed by atoms with Crippen LogP contribution in [0.2, 0.25) is 0 Å². The molecule has 104 valence electrons. The lowest BCUT2D eigenvalue weighted by Crippen LogP contribution is -2.38. The molecule has 1 aromatic rings. The normalized spacial score (nSPS) is 24.7. The van der Waals surface area contributed by atoms with Gasteiger partial charge in [-0.25, -0.2) is 4.79 Å². The second-order valence-electron chi connectivity index (χ2n) is 4.94. The minimum absolute atomic E-state index is 0. The number of carbonyl (C=O) groups excluding carboxylic acids is 1. The second-order valence-corrected chi connectivity index (χ2v) is 4.94. The van der Waals surface area contributed by atoms with Gasteiger partial charge in [0.05, 0.1) is 6.04 Å². The third-order valence-corrected chi connectivity index (χ3v) is 3.83. The molecule has 2 aliphatic heterocycles. The van der Waals surface area contributed by atoms with E-state index < -0.39 is 0 Å². The Balaban J connectivity index is 0.00000133. The first-order chi connectivity index (χ1) is 8.84. The Hall–Kier alpha value is -1.26. The summed E-state index contributed by atoms with van der Waals surface area (Å²) < 4.78 is 5.38. The van der Waals surface area contributed by atoms with Gasteiger partial charge in [-0.1, -0.05) is 30.3 Å². The molecule has 0 spiro atoms. The molecular weight excluding hydrogens is 264 g/mol. The number of nitrogens with one attached hydrogen (secondary N) is 1. The number of likely N-dealkylation sites (tertiary alicyclic amines) is 1. The summed E-state index contributed by atoms with van der Waals surface area (Å²) in [6.07, 6.45) is 1.92. The number of hydrogen-bond acceptors (Lipinski definition) is 3. The van der Waals surface area contributed by atoms with Crippen LogP contribution in [0, 0.1) is 0 Å². The van der Waals surface area contributed by atoms with Crippen molar-refractivity contribution in [2.24, 2.45) is 0 Å². The SMILES string of the molecule is Cl.O=C(OCc1ccccc1)N1CC[C@@H]2NCC[C@H]21. The van der Waals surface area contributed by atoms with E-state index in [0.29, 0.717) is 18.7 Å². The first kappa shape index (κ1) is 14.2. The minimum atomic E-state index is -0.171.